The summed E-state index contributed by atoms with van der Waals surface area (Å²) < 4.78 is 4.98. The Hall–Kier alpha value is -4.34. The molecule has 3 N–H and O–H groups in total. The summed E-state index contributed by atoms with van der Waals surface area (Å²) in [5, 5.41) is 22.3. The zero-order valence-corrected chi connectivity index (χ0v) is 21.7. The monoisotopic (exact) mass is 513 g/mol. The summed E-state index contributed by atoms with van der Waals surface area (Å²) in [5.41, 5.74) is 9.57. The molecule has 1 atom stereocenters. The Morgan fingerprint density at radius 1 is 1.03 bits per heavy atom. The Bertz CT molecular complexity index is 1370. The van der Waals surface area contributed by atoms with E-state index in [0.29, 0.717) is 28.8 Å². The first-order valence-electron chi connectivity index (χ1n) is 11.8. The molecule has 1 amide bonds. The fraction of sp³-hybridized carbons (Fsp3) is 0.250. The Balaban J connectivity index is 1.91. The zero-order valence-electron chi connectivity index (χ0n) is 20.9. The summed E-state index contributed by atoms with van der Waals surface area (Å²) in [6, 6.07) is 18.2. The molecule has 2 aromatic carbocycles. The van der Waals surface area contributed by atoms with Gasteiger partial charge in [-0.15, -0.1) is 0 Å². The molecule has 0 aliphatic heterocycles. The normalized spacial score (nSPS) is 11.2. The number of nitrogens with zero attached hydrogens (tertiary/aromatic N) is 3. The number of anilines is 2. The van der Waals surface area contributed by atoms with E-state index in [1.165, 1.54) is 0 Å². The van der Waals surface area contributed by atoms with E-state index in [-0.39, 0.29) is 34.5 Å². The molecule has 0 aliphatic carbocycles. The number of aryl methyl sites for hydroxylation is 1. The quantitative estimate of drug-likeness (QED) is 0.289. The van der Waals surface area contributed by atoms with Crippen molar-refractivity contribution in [2.45, 2.75) is 43.9 Å². The SMILES string of the molecule is CCOC(=O)c1ccc(NC(=O)C(CC)Sc2nc(N)c(C#N)c(-c3ccc(CC)cc3)c2C#N)cc1. The lowest BCUT2D eigenvalue weighted by Gasteiger charge is -2.18. The van der Waals surface area contributed by atoms with Crippen LogP contribution in [0.3, 0.4) is 0 Å². The number of nitrogen functional groups attached to an aromatic ring is 1. The van der Waals surface area contributed by atoms with Crippen molar-refractivity contribution in [3.05, 3.63) is 70.8 Å². The average Bonchev–Trinajstić information content (AvgIpc) is 2.91. The van der Waals surface area contributed by atoms with Gasteiger partial charge in [0.2, 0.25) is 5.91 Å². The number of benzene rings is 2. The van der Waals surface area contributed by atoms with E-state index in [1.807, 2.05) is 38.1 Å². The van der Waals surface area contributed by atoms with Crippen LogP contribution in [0, 0.1) is 22.7 Å². The molecule has 0 radical (unpaired) electrons. The summed E-state index contributed by atoms with van der Waals surface area (Å²) in [5.74, 6) is -0.724. The fourth-order valence-corrected chi connectivity index (χ4v) is 4.68. The van der Waals surface area contributed by atoms with Crippen molar-refractivity contribution in [1.29, 1.82) is 10.5 Å². The maximum Gasteiger partial charge on any atom is 0.338 e. The predicted molar refractivity (Wildman–Crippen MR) is 144 cm³/mol. The van der Waals surface area contributed by atoms with Crippen LogP contribution in [0.4, 0.5) is 11.5 Å². The molecule has 3 rings (SSSR count). The van der Waals surface area contributed by atoms with Crippen molar-refractivity contribution in [3.63, 3.8) is 0 Å². The van der Waals surface area contributed by atoms with Crippen LogP contribution in [-0.2, 0) is 16.0 Å². The maximum absolute atomic E-state index is 13.1. The van der Waals surface area contributed by atoms with E-state index in [0.717, 1.165) is 23.7 Å². The summed E-state index contributed by atoms with van der Waals surface area (Å²) in [4.78, 5) is 29.3. The molecule has 0 saturated heterocycles. The fourth-order valence-electron chi connectivity index (χ4n) is 3.66. The first-order valence-corrected chi connectivity index (χ1v) is 12.7. The number of nitrogens with one attached hydrogen (secondary N) is 1. The third-order valence-electron chi connectivity index (χ3n) is 5.65. The summed E-state index contributed by atoms with van der Waals surface area (Å²) in [6.07, 6.45) is 1.30. The molecule has 0 saturated carbocycles. The smallest absolute Gasteiger partial charge is 0.338 e. The average molecular weight is 514 g/mol. The van der Waals surface area contributed by atoms with Crippen molar-refractivity contribution >= 4 is 35.1 Å². The Morgan fingerprint density at radius 3 is 2.22 bits per heavy atom. The topological polar surface area (TPSA) is 142 Å². The van der Waals surface area contributed by atoms with Gasteiger partial charge in [0.25, 0.3) is 0 Å². The lowest BCUT2D eigenvalue weighted by molar-refractivity contribution is -0.115. The molecule has 8 nitrogen and oxygen atoms in total. The number of nitrogens with two attached hydrogens (primary N) is 1. The number of thioether (sulfide) groups is 1. The number of carbonyl (C=O) groups is 2. The van der Waals surface area contributed by atoms with Crippen LogP contribution in [0.2, 0.25) is 0 Å². The molecular formula is C28H27N5O3S. The third kappa shape index (κ3) is 6.27. The van der Waals surface area contributed by atoms with Crippen molar-refractivity contribution in [2.75, 3.05) is 17.7 Å². The second-order valence-corrected chi connectivity index (χ2v) is 9.19. The predicted octanol–water partition coefficient (Wildman–Crippen LogP) is 5.32. The van der Waals surface area contributed by atoms with E-state index in [2.05, 4.69) is 22.4 Å². The highest BCUT2D eigenvalue weighted by molar-refractivity contribution is 8.00. The number of amides is 1. The molecule has 9 heteroatoms. The number of rotatable bonds is 9. The zero-order chi connectivity index (χ0) is 26.9. The molecular weight excluding hydrogens is 486 g/mol. The molecule has 188 valence electrons. The van der Waals surface area contributed by atoms with Crippen LogP contribution in [-0.4, -0.2) is 28.7 Å². The minimum Gasteiger partial charge on any atom is -0.462 e. The molecule has 1 heterocycles. The summed E-state index contributed by atoms with van der Waals surface area (Å²) in [7, 11) is 0. The molecule has 1 aromatic heterocycles. The number of ether oxygens (including phenoxy) is 1. The van der Waals surface area contributed by atoms with E-state index in [9.17, 15) is 20.1 Å². The van der Waals surface area contributed by atoms with Crippen molar-refractivity contribution < 1.29 is 14.3 Å². The minimum absolute atomic E-state index is 0.00313. The molecule has 0 fully saturated rings. The first kappa shape index (κ1) is 27.3. The van der Waals surface area contributed by atoms with Gasteiger partial charge in [-0.25, -0.2) is 9.78 Å². The van der Waals surface area contributed by atoms with Crippen LogP contribution in [0.25, 0.3) is 11.1 Å². The number of esters is 1. The minimum atomic E-state index is -0.591. The Morgan fingerprint density at radius 2 is 1.68 bits per heavy atom. The van der Waals surface area contributed by atoms with Crippen LogP contribution in [0.15, 0.2) is 53.6 Å². The Labute approximate surface area is 220 Å². The van der Waals surface area contributed by atoms with Crippen LogP contribution in [0.5, 0.6) is 0 Å². The number of carbonyl (C=O) groups excluding carboxylic acids is 2. The second-order valence-electron chi connectivity index (χ2n) is 8.00. The largest absolute Gasteiger partial charge is 0.462 e. The highest BCUT2D eigenvalue weighted by atomic mass is 32.2. The molecule has 1 unspecified atom stereocenters. The van der Waals surface area contributed by atoms with E-state index < -0.39 is 11.2 Å². The number of aromatic nitrogens is 1. The number of hydrogen-bond donors (Lipinski definition) is 2. The highest BCUT2D eigenvalue weighted by Gasteiger charge is 2.25. The van der Waals surface area contributed by atoms with Crippen molar-refractivity contribution in [2.24, 2.45) is 0 Å². The third-order valence-corrected chi connectivity index (χ3v) is 7.00. The first-order chi connectivity index (χ1) is 17.9. The van der Waals surface area contributed by atoms with Gasteiger partial charge in [0.1, 0.15) is 28.5 Å². The number of pyridine rings is 1. The van der Waals surface area contributed by atoms with Crippen LogP contribution < -0.4 is 11.1 Å². The van der Waals surface area contributed by atoms with Gasteiger partial charge in [-0.05, 0) is 55.2 Å². The Kier molecular flexibility index (Phi) is 9.26. The van der Waals surface area contributed by atoms with Gasteiger partial charge >= 0.3 is 5.97 Å². The molecule has 0 spiro atoms. The molecule has 0 bridgehead atoms. The lowest BCUT2D eigenvalue weighted by Crippen LogP contribution is -2.25. The maximum atomic E-state index is 13.1. The van der Waals surface area contributed by atoms with Gasteiger partial charge < -0.3 is 15.8 Å². The highest BCUT2D eigenvalue weighted by Crippen LogP contribution is 2.37. The summed E-state index contributed by atoms with van der Waals surface area (Å²) in [6.45, 7) is 5.90. The van der Waals surface area contributed by atoms with Gasteiger partial charge in [0.05, 0.1) is 23.0 Å². The van der Waals surface area contributed by atoms with Gasteiger partial charge in [-0.1, -0.05) is 49.9 Å². The van der Waals surface area contributed by atoms with Gasteiger partial charge in [-0.3, -0.25) is 4.79 Å². The second kappa shape index (κ2) is 12.6. The lowest BCUT2D eigenvalue weighted by atomic mass is 9.96. The van der Waals surface area contributed by atoms with Gasteiger partial charge in [0.15, 0.2) is 0 Å². The van der Waals surface area contributed by atoms with E-state index in [1.54, 1.807) is 31.2 Å². The van der Waals surface area contributed by atoms with Crippen molar-refractivity contribution in [1.82, 2.24) is 4.98 Å². The van der Waals surface area contributed by atoms with E-state index in [4.69, 9.17) is 10.5 Å². The van der Waals surface area contributed by atoms with E-state index >= 15 is 0 Å². The molecule has 37 heavy (non-hydrogen) atoms. The number of nitriles is 2. The van der Waals surface area contributed by atoms with Crippen molar-refractivity contribution in [3.8, 4) is 23.3 Å². The molecule has 0 aliphatic rings. The number of hydrogen-bond acceptors (Lipinski definition) is 8. The summed E-state index contributed by atoms with van der Waals surface area (Å²) >= 11 is 1.12. The molecule has 3 aromatic rings. The van der Waals surface area contributed by atoms with Gasteiger partial charge in [0, 0.05) is 11.3 Å². The van der Waals surface area contributed by atoms with Crippen LogP contribution in [0.1, 0.15) is 54.2 Å². The van der Waals surface area contributed by atoms with Crippen LogP contribution >= 0.6 is 11.8 Å². The van der Waals surface area contributed by atoms with Gasteiger partial charge in [-0.2, -0.15) is 10.5 Å². The standard InChI is InChI=1S/C28H27N5O3S/c1-4-17-7-9-18(10-8-17)24-21(15-29)25(31)33-27(22(24)16-30)37-23(5-2)26(34)32-20-13-11-19(12-14-20)28(35)36-6-3/h7-14,23H,4-6H2,1-3H3,(H2,31,33)(H,32,34).